The Labute approximate surface area is 169 Å². The minimum Gasteiger partial charge on any atom is -0.321 e. The molecule has 1 heterocycles. The molecular weight excluding hydrogens is 418 g/mol. The number of para-hydroxylation sites is 1. The number of carbonyl (C=O) groups excluding carboxylic acids is 1. The number of rotatable bonds is 3. The zero-order chi connectivity index (χ0) is 19.7. The average Bonchev–Trinajstić information content (AvgIpc) is 2.72. The van der Waals surface area contributed by atoms with Crippen LogP contribution in [0.3, 0.4) is 0 Å². The van der Waals surface area contributed by atoms with Crippen LogP contribution in [0, 0.1) is 6.92 Å². The maximum atomic E-state index is 13.0. The summed E-state index contributed by atoms with van der Waals surface area (Å²) in [6.07, 6.45) is 0. The standard InChI is InChI=1S/C22H16BrN3O2/c1-14-13-15(11-12-19(14)23)24-21(27)20-17-9-5-6-10-18(17)22(28)26(25-20)16-7-3-2-4-8-16/h2-13H,1H3,(H,24,27). The Kier molecular flexibility index (Phi) is 4.79. The molecular formula is C22H16BrN3O2. The lowest BCUT2D eigenvalue weighted by atomic mass is 10.1. The number of benzene rings is 3. The number of anilines is 1. The lowest BCUT2D eigenvalue weighted by Crippen LogP contribution is -2.26. The van der Waals surface area contributed by atoms with Crippen LogP contribution in [-0.2, 0) is 0 Å². The molecule has 138 valence electrons. The maximum Gasteiger partial charge on any atom is 0.279 e. The van der Waals surface area contributed by atoms with Gasteiger partial charge in [0, 0.05) is 15.5 Å². The summed E-state index contributed by atoms with van der Waals surface area (Å²) in [7, 11) is 0. The van der Waals surface area contributed by atoms with E-state index in [-0.39, 0.29) is 17.2 Å². The normalized spacial score (nSPS) is 10.8. The van der Waals surface area contributed by atoms with Gasteiger partial charge in [0.25, 0.3) is 11.5 Å². The van der Waals surface area contributed by atoms with Crippen LogP contribution in [0.15, 0.2) is 82.1 Å². The quantitative estimate of drug-likeness (QED) is 0.508. The minimum absolute atomic E-state index is 0.194. The molecule has 0 aliphatic carbocycles. The summed E-state index contributed by atoms with van der Waals surface area (Å²) in [5.74, 6) is -0.373. The first-order valence-corrected chi connectivity index (χ1v) is 9.49. The third-order valence-electron chi connectivity index (χ3n) is 4.44. The van der Waals surface area contributed by atoms with Crippen molar-refractivity contribution in [1.82, 2.24) is 9.78 Å². The third-order valence-corrected chi connectivity index (χ3v) is 5.33. The molecule has 3 aromatic carbocycles. The largest absolute Gasteiger partial charge is 0.321 e. The summed E-state index contributed by atoms with van der Waals surface area (Å²) in [4.78, 5) is 25.9. The Hall–Kier alpha value is -3.25. The fourth-order valence-electron chi connectivity index (χ4n) is 3.01. The smallest absolute Gasteiger partial charge is 0.279 e. The molecule has 0 saturated heterocycles. The van der Waals surface area contributed by atoms with E-state index in [9.17, 15) is 9.59 Å². The lowest BCUT2D eigenvalue weighted by molar-refractivity contribution is 0.102. The molecule has 0 fully saturated rings. The number of nitrogens with zero attached hydrogens (tertiary/aromatic N) is 2. The summed E-state index contributed by atoms with van der Waals surface area (Å²) < 4.78 is 2.23. The van der Waals surface area contributed by atoms with Crippen LogP contribution in [0.25, 0.3) is 16.5 Å². The van der Waals surface area contributed by atoms with Crippen molar-refractivity contribution >= 4 is 38.3 Å². The van der Waals surface area contributed by atoms with Crippen molar-refractivity contribution in [2.24, 2.45) is 0 Å². The average molecular weight is 434 g/mol. The molecule has 0 aliphatic rings. The number of nitrogens with one attached hydrogen (secondary N) is 1. The third kappa shape index (κ3) is 3.34. The van der Waals surface area contributed by atoms with Gasteiger partial charge in [-0.1, -0.05) is 52.3 Å². The molecule has 4 aromatic rings. The van der Waals surface area contributed by atoms with E-state index in [1.165, 1.54) is 4.68 Å². The highest BCUT2D eigenvalue weighted by atomic mass is 79.9. The van der Waals surface area contributed by atoms with Gasteiger partial charge in [0.15, 0.2) is 5.69 Å². The predicted molar refractivity (Wildman–Crippen MR) is 114 cm³/mol. The number of aryl methyl sites for hydroxylation is 1. The molecule has 0 saturated carbocycles. The number of aromatic nitrogens is 2. The van der Waals surface area contributed by atoms with Crippen molar-refractivity contribution in [1.29, 1.82) is 0 Å². The Morgan fingerprint density at radius 2 is 1.64 bits per heavy atom. The molecule has 4 rings (SSSR count). The number of hydrogen-bond acceptors (Lipinski definition) is 3. The summed E-state index contributed by atoms with van der Waals surface area (Å²) in [5, 5.41) is 8.23. The molecule has 0 spiro atoms. The van der Waals surface area contributed by atoms with E-state index in [0.717, 1.165) is 10.0 Å². The van der Waals surface area contributed by atoms with Crippen molar-refractivity contribution < 1.29 is 4.79 Å². The van der Waals surface area contributed by atoms with Gasteiger partial charge in [0.2, 0.25) is 0 Å². The number of carbonyl (C=O) groups is 1. The summed E-state index contributed by atoms with van der Waals surface area (Å²) in [5.41, 5.74) is 2.20. The number of halogens is 1. The van der Waals surface area contributed by atoms with Gasteiger partial charge in [-0.2, -0.15) is 9.78 Å². The molecule has 0 aliphatic heterocycles. The molecule has 1 aromatic heterocycles. The summed E-state index contributed by atoms with van der Waals surface area (Å²) in [6, 6.07) is 21.6. The van der Waals surface area contributed by atoms with Crippen molar-refractivity contribution in [2.75, 3.05) is 5.32 Å². The highest BCUT2D eigenvalue weighted by Crippen LogP contribution is 2.21. The van der Waals surface area contributed by atoms with Crippen LogP contribution >= 0.6 is 15.9 Å². The highest BCUT2D eigenvalue weighted by Gasteiger charge is 2.17. The Morgan fingerprint density at radius 3 is 2.36 bits per heavy atom. The SMILES string of the molecule is Cc1cc(NC(=O)c2nn(-c3ccccc3)c(=O)c3ccccc23)ccc1Br. The van der Waals surface area contributed by atoms with Crippen LogP contribution in [0.5, 0.6) is 0 Å². The second-order valence-electron chi connectivity index (χ2n) is 6.36. The van der Waals surface area contributed by atoms with Gasteiger partial charge in [-0.05, 0) is 48.9 Å². The molecule has 5 nitrogen and oxygen atoms in total. The molecule has 0 radical (unpaired) electrons. The van der Waals surface area contributed by atoms with Crippen molar-refractivity contribution in [3.8, 4) is 5.69 Å². The second kappa shape index (κ2) is 7.40. The monoisotopic (exact) mass is 433 g/mol. The van der Waals surface area contributed by atoms with Gasteiger partial charge in [0.05, 0.1) is 11.1 Å². The van der Waals surface area contributed by atoms with Crippen LogP contribution in [0.4, 0.5) is 5.69 Å². The van der Waals surface area contributed by atoms with E-state index < -0.39 is 0 Å². The lowest BCUT2D eigenvalue weighted by Gasteiger charge is -2.12. The first kappa shape index (κ1) is 18.1. The van der Waals surface area contributed by atoms with Gasteiger partial charge < -0.3 is 5.32 Å². The van der Waals surface area contributed by atoms with Gasteiger partial charge in [-0.15, -0.1) is 0 Å². The van der Waals surface area contributed by atoms with E-state index >= 15 is 0 Å². The van der Waals surface area contributed by atoms with Gasteiger partial charge in [-0.3, -0.25) is 9.59 Å². The predicted octanol–water partition coefficient (Wildman–Crippen LogP) is 4.71. The molecule has 0 atom stereocenters. The molecule has 0 bridgehead atoms. The molecule has 6 heteroatoms. The Balaban J connectivity index is 1.86. The summed E-state index contributed by atoms with van der Waals surface area (Å²) in [6.45, 7) is 1.95. The van der Waals surface area contributed by atoms with Crippen LogP contribution in [-0.4, -0.2) is 15.7 Å². The van der Waals surface area contributed by atoms with Gasteiger partial charge in [0.1, 0.15) is 0 Å². The van der Waals surface area contributed by atoms with Gasteiger partial charge in [-0.25, -0.2) is 0 Å². The van der Waals surface area contributed by atoms with Crippen LogP contribution < -0.4 is 10.9 Å². The first-order chi connectivity index (χ1) is 13.5. The minimum atomic E-state index is -0.373. The van der Waals surface area contributed by atoms with Crippen LogP contribution in [0.1, 0.15) is 16.1 Å². The van der Waals surface area contributed by atoms with E-state index in [0.29, 0.717) is 22.1 Å². The molecule has 0 unspecified atom stereocenters. The number of amides is 1. The first-order valence-electron chi connectivity index (χ1n) is 8.69. The number of fused-ring (bicyclic) bond motifs is 1. The topological polar surface area (TPSA) is 64.0 Å². The van der Waals surface area contributed by atoms with Crippen molar-refractivity contribution in [2.45, 2.75) is 6.92 Å². The van der Waals surface area contributed by atoms with Crippen LogP contribution in [0.2, 0.25) is 0 Å². The fraction of sp³-hybridized carbons (Fsp3) is 0.0455. The maximum absolute atomic E-state index is 13.0. The zero-order valence-electron chi connectivity index (χ0n) is 15.0. The molecule has 1 amide bonds. The number of hydrogen-bond donors (Lipinski definition) is 1. The van der Waals surface area contributed by atoms with Crippen molar-refractivity contribution in [3.05, 3.63) is 98.9 Å². The Morgan fingerprint density at radius 1 is 0.964 bits per heavy atom. The summed E-state index contributed by atoms with van der Waals surface area (Å²) >= 11 is 3.45. The fourth-order valence-corrected chi connectivity index (χ4v) is 3.26. The molecule has 1 N–H and O–H groups in total. The van der Waals surface area contributed by atoms with Crippen molar-refractivity contribution in [3.63, 3.8) is 0 Å². The second-order valence-corrected chi connectivity index (χ2v) is 7.22. The Bertz CT molecular complexity index is 1250. The van der Waals surface area contributed by atoms with E-state index in [2.05, 4.69) is 26.3 Å². The van der Waals surface area contributed by atoms with E-state index in [4.69, 9.17) is 0 Å². The highest BCUT2D eigenvalue weighted by molar-refractivity contribution is 9.10. The van der Waals surface area contributed by atoms with E-state index in [1.807, 2.05) is 43.3 Å². The molecule has 28 heavy (non-hydrogen) atoms. The van der Waals surface area contributed by atoms with E-state index in [1.54, 1.807) is 36.4 Å². The van der Waals surface area contributed by atoms with Gasteiger partial charge >= 0.3 is 0 Å². The zero-order valence-corrected chi connectivity index (χ0v) is 16.6.